The summed E-state index contributed by atoms with van der Waals surface area (Å²) < 4.78 is 62.1. The number of alkyl halides is 3. The molecule has 0 radical (unpaired) electrons. The molecule has 1 aliphatic carbocycles. The molecule has 102 valence electrons. The minimum atomic E-state index is -4.71. The van der Waals surface area contributed by atoms with E-state index >= 15 is 0 Å². The number of hydrogen-bond donors (Lipinski definition) is 1. The molecule has 7 heteroatoms. The molecule has 1 fully saturated rings. The molecule has 17 heavy (non-hydrogen) atoms. The first-order chi connectivity index (χ1) is 7.80. The van der Waals surface area contributed by atoms with Gasteiger partial charge in [0.05, 0.1) is 5.25 Å². The third-order valence-electron chi connectivity index (χ3n) is 3.21. The van der Waals surface area contributed by atoms with Gasteiger partial charge in [-0.1, -0.05) is 19.3 Å². The molecule has 0 aliphatic heterocycles. The third kappa shape index (κ3) is 3.58. The maximum atomic E-state index is 12.7. The van der Waals surface area contributed by atoms with E-state index in [0.29, 0.717) is 25.7 Å². The van der Waals surface area contributed by atoms with Crippen LogP contribution in [0.2, 0.25) is 0 Å². The van der Waals surface area contributed by atoms with Crippen LogP contribution in [0, 0.1) is 0 Å². The Labute approximate surface area is 99.5 Å². The van der Waals surface area contributed by atoms with Crippen LogP contribution < -0.4 is 5.73 Å². The fraction of sp³-hybridized carbons (Fsp3) is 1.00. The Morgan fingerprint density at radius 2 is 1.71 bits per heavy atom. The first-order valence-electron chi connectivity index (χ1n) is 5.79. The van der Waals surface area contributed by atoms with Crippen molar-refractivity contribution in [3.63, 3.8) is 0 Å². The maximum Gasteiger partial charge on any atom is 0.405 e. The molecule has 0 aromatic rings. The van der Waals surface area contributed by atoms with Gasteiger partial charge in [-0.15, -0.1) is 0 Å². The Kier molecular flexibility index (Phi) is 4.83. The zero-order chi connectivity index (χ0) is 13.1. The fourth-order valence-corrected chi connectivity index (χ4v) is 4.58. The zero-order valence-electron chi connectivity index (χ0n) is 9.54. The summed E-state index contributed by atoms with van der Waals surface area (Å²) in [5.41, 5.74) is 5.09. The molecule has 0 heterocycles. The standard InChI is InChI=1S/C10H18F3NO2S/c11-10(12,13)9(6-7-14)17(15,16)8-4-2-1-3-5-8/h8-9H,1-7,14H2. The summed E-state index contributed by atoms with van der Waals surface area (Å²) in [5, 5.41) is -3.13. The quantitative estimate of drug-likeness (QED) is 0.852. The molecule has 2 N–H and O–H groups in total. The van der Waals surface area contributed by atoms with Crippen molar-refractivity contribution >= 4 is 9.84 Å². The second-order valence-electron chi connectivity index (χ2n) is 4.46. The van der Waals surface area contributed by atoms with Crippen LogP contribution in [0.4, 0.5) is 13.2 Å². The highest BCUT2D eigenvalue weighted by Gasteiger charge is 2.50. The van der Waals surface area contributed by atoms with Crippen LogP contribution in [0.3, 0.4) is 0 Å². The Balaban J connectivity index is 2.91. The molecule has 0 saturated heterocycles. The van der Waals surface area contributed by atoms with Gasteiger partial charge in [0.1, 0.15) is 0 Å². The van der Waals surface area contributed by atoms with Crippen molar-refractivity contribution in [2.75, 3.05) is 6.54 Å². The summed E-state index contributed by atoms with van der Waals surface area (Å²) in [6.07, 6.45) is -2.27. The van der Waals surface area contributed by atoms with Crippen molar-refractivity contribution in [1.82, 2.24) is 0 Å². The molecule has 0 aromatic carbocycles. The smallest absolute Gasteiger partial charge is 0.330 e. The van der Waals surface area contributed by atoms with Crippen LogP contribution in [0.25, 0.3) is 0 Å². The van der Waals surface area contributed by atoms with E-state index < -0.39 is 32.9 Å². The monoisotopic (exact) mass is 273 g/mol. The van der Waals surface area contributed by atoms with Crippen molar-refractivity contribution in [2.45, 2.75) is 55.2 Å². The van der Waals surface area contributed by atoms with Gasteiger partial charge < -0.3 is 5.73 Å². The first-order valence-corrected chi connectivity index (χ1v) is 7.40. The SMILES string of the molecule is NCCC(C(F)(F)F)S(=O)(=O)C1CCCCC1. The average Bonchev–Trinajstić information content (AvgIpc) is 2.25. The number of sulfone groups is 1. The summed E-state index contributed by atoms with van der Waals surface area (Å²) in [7, 11) is -4.15. The Morgan fingerprint density at radius 3 is 2.12 bits per heavy atom. The lowest BCUT2D eigenvalue weighted by Gasteiger charge is -2.28. The summed E-state index contributed by atoms with van der Waals surface area (Å²) in [5.74, 6) is 0. The van der Waals surface area contributed by atoms with Gasteiger partial charge in [0.15, 0.2) is 15.1 Å². The van der Waals surface area contributed by atoms with Gasteiger partial charge in [-0.25, -0.2) is 8.42 Å². The predicted molar refractivity (Wildman–Crippen MR) is 59.3 cm³/mol. The van der Waals surface area contributed by atoms with Gasteiger partial charge in [0, 0.05) is 0 Å². The number of rotatable bonds is 4. The van der Waals surface area contributed by atoms with E-state index in [2.05, 4.69) is 0 Å². The highest BCUT2D eigenvalue weighted by atomic mass is 32.2. The molecule has 1 saturated carbocycles. The molecule has 1 unspecified atom stereocenters. The number of halogens is 3. The Bertz CT molecular complexity index is 334. The predicted octanol–water partition coefficient (Wildman–Crippen LogP) is 2.01. The second-order valence-corrected chi connectivity index (χ2v) is 6.87. The zero-order valence-corrected chi connectivity index (χ0v) is 10.4. The van der Waals surface area contributed by atoms with Crippen molar-refractivity contribution in [2.24, 2.45) is 5.73 Å². The fourth-order valence-electron chi connectivity index (χ4n) is 2.29. The first kappa shape index (κ1) is 14.8. The van der Waals surface area contributed by atoms with Crippen molar-refractivity contribution in [3.8, 4) is 0 Å². The number of hydrogen-bond acceptors (Lipinski definition) is 3. The van der Waals surface area contributed by atoms with Gasteiger partial charge in [-0.3, -0.25) is 0 Å². The van der Waals surface area contributed by atoms with Crippen LogP contribution in [0.1, 0.15) is 38.5 Å². The summed E-state index contributed by atoms with van der Waals surface area (Å²) in [4.78, 5) is 0. The van der Waals surface area contributed by atoms with Gasteiger partial charge in [-0.2, -0.15) is 13.2 Å². The van der Waals surface area contributed by atoms with E-state index in [9.17, 15) is 21.6 Å². The molecule has 0 spiro atoms. The van der Waals surface area contributed by atoms with E-state index in [1.165, 1.54) is 0 Å². The second kappa shape index (κ2) is 5.56. The molecule has 0 bridgehead atoms. The lowest BCUT2D eigenvalue weighted by atomic mass is 10.0. The summed E-state index contributed by atoms with van der Waals surface area (Å²) >= 11 is 0. The van der Waals surface area contributed by atoms with E-state index in [-0.39, 0.29) is 6.54 Å². The molecule has 0 aromatic heterocycles. The molecule has 1 rings (SSSR count). The number of nitrogens with two attached hydrogens (primary N) is 1. The molecular formula is C10H18F3NO2S. The van der Waals surface area contributed by atoms with Gasteiger partial charge >= 0.3 is 6.18 Å². The summed E-state index contributed by atoms with van der Waals surface area (Å²) in [6.45, 7) is -0.268. The highest BCUT2D eigenvalue weighted by molar-refractivity contribution is 7.92. The van der Waals surface area contributed by atoms with Crippen LogP contribution in [-0.4, -0.2) is 31.6 Å². The van der Waals surface area contributed by atoms with Crippen LogP contribution in [0.5, 0.6) is 0 Å². The van der Waals surface area contributed by atoms with Gasteiger partial charge in [-0.05, 0) is 25.8 Å². The normalized spacial score (nSPS) is 21.4. The van der Waals surface area contributed by atoms with Crippen LogP contribution in [0.15, 0.2) is 0 Å². The molecule has 1 atom stereocenters. The largest absolute Gasteiger partial charge is 0.405 e. The molecule has 3 nitrogen and oxygen atoms in total. The van der Waals surface area contributed by atoms with E-state index in [0.717, 1.165) is 6.42 Å². The van der Waals surface area contributed by atoms with E-state index in [1.807, 2.05) is 0 Å². The lowest BCUT2D eigenvalue weighted by Crippen LogP contribution is -2.44. The summed E-state index contributed by atoms with van der Waals surface area (Å²) in [6, 6.07) is 0. The topological polar surface area (TPSA) is 60.2 Å². The molecule has 0 amide bonds. The van der Waals surface area contributed by atoms with Gasteiger partial charge in [0.2, 0.25) is 0 Å². The lowest BCUT2D eigenvalue weighted by molar-refractivity contribution is -0.131. The Morgan fingerprint density at radius 1 is 1.18 bits per heavy atom. The Hall–Kier alpha value is -0.300. The van der Waals surface area contributed by atoms with E-state index in [4.69, 9.17) is 5.73 Å². The van der Waals surface area contributed by atoms with Crippen molar-refractivity contribution in [3.05, 3.63) is 0 Å². The van der Waals surface area contributed by atoms with Crippen LogP contribution >= 0.6 is 0 Å². The van der Waals surface area contributed by atoms with Crippen LogP contribution in [-0.2, 0) is 9.84 Å². The van der Waals surface area contributed by atoms with E-state index in [1.54, 1.807) is 0 Å². The average molecular weight is 273 g/mol. The molecular weight excluding hydrogens is 255 g/mol. The highest BCUT2D eigenvalue weighted by Crippen LogP contribution is 2.34. The molecule has 1 aliphatic rings. The maximum absolute atomic E-state index is 12.7. The minimum Gasteiger partial charge on any atom is -0.330 e. The third-order valence-corrected chi connectivity index (χ3v) is 5.90. The minimum absolute atomic E-state index is 0.268. The van der Waals surface area contributed by atoms with Crippen molar-refractivity contribution in [1.29, 1.82) is 0 Å². The van der Waals surface area contributed by atoms with Crippen molar-refractivity contribution < 1.29 is 21.6 Å². The van der Waals surface area contributed by atoms with Gasteiger partial charge in [0.25, 0.3) is 0 Å².